The Morgan fingerprint density at radius 3 is 2.38 bits per heavy atom. The standard InChI is InChI=1S/C52H58Cl2N4O5/c1-5-48(38-17-20-44(53)45(54)25-38)62-42-18-15-37(16-19-42)50-31-57(4)29-41-24-39-26-47(58(28-35-9-7-6-8-10-35)30-40(39)27-49(41)63-50)51(59)56-46(52(60)61)23-34-11-13-36(14-12-34)43-21-22-55-33(3)32(43)2/h11-22,24-25,27,35,46-48,50H,5-10,23,26,28-31H2,1-4H3,(H,56,59)(H,60,61)/t46-,47-,48+,50+/m0/s1. The number of hydrogen-bond acceptors (Lipinski definition) is 7. The maximum absolute atomic E-state index is 14.4. The molecule has 1 aromatic heterocycles. The minimum atomic E-state index is -1.06. The fourth-order valence-electron chi connectivity index (χ4n) is 9.61. The topological polar surface area (TPSA) is 104 Å². The maximum atomic E-state index is 14.4. The molecule has 11 heteroatoms. The summed E-state index contributed by atoms with van der Waals surface area (Å²) in [6.45, 7) is 8.92. The Morgan fingerprint density at radius 1 is 0.905 bits per heavy atom. The first kappa shape index (κ1) is 44.7. The third-order valence-electron chi connectivity index (χ3n) is 13.3. The van der Waals surface area contributed by atoms with Gasteiger partial charge in [0.05, 0.1) is 16.1 Å². The Morgan fingerprint density at radius 2 is 1.67 bits per heavy atom. The summed E-state index contributed by atoms with van der Waals surface area (Å²) in [4.78, 5) is 36.1. The number of pyridine rings is 1. The molecular weight excluding hydrogens is 832 g/mol. The molecule has 5 aromatic rings. The monoisotopic (exact) mass is 888 g/mol. The van der Waals surface area contributed by atoms with Gasteiger partial charge >= 0.3 is 5.97 Å². The summed E-state index contributed by atoms with van der Waals surface area (Å²) in [6.07, 6.45) is 8.84. The lowest BCUT2D eigenvalue weighted by Gasteiger charge is -2.39. The second-order valence-electron chi connectivity index (χ2n) is 17.8. The van der Waals surface area contributed by atoms with E-state index in [1.165, 1.54) is 19.3 Å². The second-order valence-corrected chi connectivity index (χ2v) is 18.6. The molecule has 1 saturated carbocycles. The molecule has 0 saturated heterocycles. The number of benzene rings is 4. The van der Waals surface area contributed by atoms with Crippen LogP contribution < -0.4 is 14.8 Å². The average Bonchev–Trinajstić information content (AvgIpc) is 3.44. The number of halogens is 2. The van der Waals surface area contributed by atoms with E-state index in [9.17, 15) is 14.7 Å². The molecule has 0 spiro atoms. The number of nitrogens with zero attached hydrogens (tertiary/aromatic N) is 3. The van der Waals surface area contributed by atoms with Crippen LogP contribution in [0.4, 0.5) is 0 Å². The van der Waals surface area contributed by atoms with Gasteiger partial charge in [-0.1, -0.05) is 97.9 Å². The second kappa shape index (κ2) is 19.9. The van der Waals surface area contributed by atoms with E-state index in [0.29, 0.717) is 42.0 Å². The lowest BCUT2D eigenvalue weighted by atomic mass is 9.86. The fourth-order valence-corrected chi connectivity index (χ4v) is 9.92. The smallest absolute Gasteiger partial charge is 0.326 e. The SMILES string of the molecule is CC[C@@H](Oc1ccc([C@H]2CN(C)Cc3cc4c(cc3O2)CN(CC2CCCCC2)[C@H](C(=O)N[C@@H](Cc2ccc(-c3ccnc(C)c3C)cc2)C(=O)O)C4)cc1)c1ccc(Cl)c(Cl)c1. The van der Waals surface area contributed by atoms with Crippen LogP contribution in [-0.2, 0) is 35.5 Å². The summed E-state index contributed by atoms with van der Waals surface area (Å²) in [7, 11) is 2.11. The molecule has 8 rings (SSSR count). The number of aryl methyl sites for hydroxylation is 1. The minimum absolute atomic E-state index is 0.165. The average molecular weight is 890 g/mol. The van der Waals surface area contributed by atoms with Gasteiger partial charge in [-0.15, -0.1) is 0 Å². The molecule has 3 aliphatic rings. The molecule has 1 aliphatic carbocycles. The highest BCUT2D eigenvalue weighted by Crippen LogP contribution is 2.38. The van der Waals surface area contributed by atoms with Crippen molar-refractivity contribution in [3.8, 4) is 22.6 Å². The van der Waals surface area contributed by atoms with E-state index in [-0.39, 0.29) is 24.5 Å². The zero-order chi connectivity index (χ0) is 44.2. The van der Waals surface area contributed by atoms with E-state index >= 15 is 0 Å². The van der Waals surface area contributed by atoms with Gasteiger partial charge in [-0.05, 0) is 133 Å². The van der Waals surface area contributed by atoms with Crippen LogP contribution in [0.1, 0.15) is 102 Å². The molecule has 1 fully saturated rings. The molecule has 63 heavy (non-hydrogen) atoms. The summed E-state index contributed by atoms with van der Waals surface area (Å²) < 4.78 is 13.3. The van der Waals surface area contributed by atoms with E-state index in [0.717, 1.165) is 93.1 Å². The lowest BCUT2D eigenvalue weighted by Crippen LogP contribution is -2.55. The van der Waals surface area contributed by atoms with E-state index < -0.39 is 18.1 Å². The first-order valence-corrected chi connectivity index (χ1v) is 23.2. The van der Waals surface area contributed by atoms with Crippen molar-refractivity contribution in [2.24, 2.45) is 5.92 Å². The van der Waals surface area contributed by atoms with E-state index in [4.69, 9.17) is 32.7 Å². The predicted molar refractivity (Wildman–Crippen MR) is 250 cm³/mol. The van der Waals surface area contributed by atoms with Crippen molar-refractivity contribution in [1.29, 1.82) is 0 Å². The zero-order valence-corrected chi connectivity index (χ0v) is 38.2. The van der Waals surface area contributed by atoms with E-state index in [2.05, 4.69) is 65.3 Å². The Kier molecular flexibility index (Phi) is 14.1. The number of aliphatic carboxylic acids is 1. The number of carboxylic acid groups (broad SMARTS) is 1. The maximum Gasteiger partial charge on any atom is 0.326 e. The molecule has 330 valence electrons. The number of ether oxygens (including phenoxy) is 2. The molecule has 0 bridgehead atoms. The van der Waals surface area contributed by atoms with Crippen molar-refractivity contribution in [1.82, 2.24) is 20.1 Å². The molecular formula is C52H58Cl2N4O5. The Labute approximate surface area is 381 Å². The number of hydrogen-bond donors (Lipinski definition) is 2. The summed E-state index contributed by atoms with van der Waals surface area (Å²) in [5.41, 5.74) is 10.5. The Hall–Kier alpha value is -4.93. The van der Waals surface area contributed by atoms with Gasteiger partial charge < -0.3 is 19.9 Å². The quantitative estimate of drug-likeness (QED) is 0.120. The molecule has 1 amide bonds. The predicted octanol–water partition coefficient (Wildman–Crippen LogP) is 10.9. The van der Waals surface area contributed by atoms with Crippen LogP contribution in [0.5, 0.6) is 11.5 Å². The molecule has 2 aliphatic heterocycles. The summed E-state index contributed by atoms with van der Waals surface area (Å²) in [5.74, 6) is 0.844. The van der Waals surface area contributed by atoms with Crippen LogP contribution in [0.3, 0.4) is 0 Å². The Bertz CT molecular complexity index is 2420. The number of rotatable bonds is 13. The lowest BCUT2D eigenvalue weighted by molar-refractivity contribution is -0.143. The van der Waals surface area contributed by atoms with E-state index in [1.807, 2.05) is 67.7 Å². The van der Waals surface area contributed by atoms with Crippen molar-refractivity contribution in [2.75, 3.05) is 20.1 Å². The molecule has 4 atom stereocenters. The largest absolute Gasteiger partial charge is 0.486 e. The van der Waals surface area contributed by atoms with Gasteiger partial charge in [0.15, 0.2) is 0 Å². The molecule has 4 aromatic carbocycles. The van der Waals surface area contributed by atoms with Gasteiger partial charge in [0.1, 0.15) is 29.7 Å². The van der Waals surface area contributed by atoms with Gasteiger partial charge in [-0.25, -0.2) is 4.79 Å². The van der Waals surface area contributed by atoms with E-state index in [1.54, 1.807) is 6.07 Å². The number of carboxylic acids is 1. The summed E-state index contributed by atoms with van der Waals surface area (Å²) in [5, 5.41) is 14.4. The van der Waals surface area contributed by atoms with Gasteiger partial charge in [0.25, 0.3) is 0 Å². The molecule has 0 unspecified atom stereocenters. The molecule has 2 N–H and O–H groups in total. The highest BCUT2D eigenvalue weighted by atomic mass is 35.5. The van der Waals surface area contributed by atoms with Gasteiger partial charge in [0.2, 0.25) is 5.91 Å². The first-order valence-electron chi connectivity index (χ1n) is 22.4. The minimum Gasteiger partial charge on any atom is -0.486 e. The summed E-state index contributed by atoms with van der Waals surface area (Å²) in [6, 6.07) is 26.6. The van der Waals surface area contributed by atoms with Crippen molar-refractivity contribution in [2.45, 2.75) is 110 Å². The Balaban J connectivity index is 0.988. The molecule has 0 radical (unpaired) electrons. The molecule has 9 nitrogen and oxygen atoms in total. The van der Waals surface area contributed by atoms with Gasteiger partial charge in [-0.3, -0.25) is 19.6 Å². The summed E-state index contributed by atoms with van der Waals surface area (Å²) >= 11 is 12.5. The number of fused-ring (bicyclic) bond motifs is 2. The van der Waals surface area contributed by atoms with Gasteiger partial charge in [-0.2, -0.15) is 0 Å². The van der Waals surface area contributed by atoms with Crippen LogP contribution in [0, 0.1) is 19.8 Å². The number of carbonyl (C=O) groups excluding carboxylic acids is 1. The number of carbonyl (C=O) groups is 2. The van der Waals surface area contributed by atoms with Crippen LogP contribution in [-0.4, -0.2) is 64.0 Å². The number of amides is 1. The normalized spacial score (nSPS) is 19.2. The molecule has 3 heterocycles. The number of likely N-dealkylation sites (N-methyl/N-ethyl adjacent to an activating group) is 1. The highest BCUT2D eigenvalue weighted by Gasteiger charge is 2.36. The van der Waals surface area contributed by atoms with Crippen molar-refractivity contribution in [3.63, 3.8) is 0 Å². The van der Waals surface area contributed by atoms with Crippen LogP contribution in [0.15, 0.2) is 91.1 Å². The number of aromatic nitrogens is 1. The van der Waals surface area contributed by atoms with Crippen molar-refractivity contribution < 1.29 is 24.2 Å². The van der Waals surface area contributed by atoms with Gasteiger partial charge in [0, 0.05) is 50.1 Å². The van der Waals surface area contributed by atoms with Crippen LogP contribution in [0.2, 0.25) is 10.0 Å². The zero-order valence-electron chi connectivity index (χ0n) is 36.7. The van der Waals surface area contributed by atoms with Crippen molar-refractivity contribution >= 4 is 35.1 Å². The number of nitrogens with one attached hydrogen (secondary N) is 1. The van der Waals surface area contributed by atoms with Crippen LogP contribution in [0.25, 0.3) is 11.1 Å². The first-order chi connectivity index (χ1) is 30.4. The van der Waals surface area contributed by atoms with Crippen LogP contribution >= 0.6 is 23.2 Å². The van der Waals surface area contributed by atoms with Crippen molar-refractivity contribution in [3.05, 3.63) is 146 Å². The fraction of sp³-hybridized carbons (Fsp3) is 0.404. The third-order valence-corrected chi connectivity index (χ3v) is 14.0. The third kappa shape index (κ3) is 10.6. The highest BCUT2D eigenvalue weighted by molar-refractivity contribution is 6.42.